The monoisotopic (exact) mass is 407 g/mol. The standard InChI is InChI=1S/C21H21N5O4/c1-14-3-7-16(8-4-14)24-11-12-25-19(28)20(29)26(23-21(24)25)13-18(27)22-15-5-9-17(30-2)10-6-15/h3-10H,11-13H2,1-2H3,(H,22,27). The predicted molar refractivity (Wildman–Crippen MR) is 113 cm³/mol. The number of ether oxygens (including phenoxy) is 1. The third-order valence-electron chi connectivity index (χ3n) is 4.92. The maximum absolute atomic E-state index is 12.5. The lowest BCUT2D eigenvalue weighted by atomic mass is 10.2. The van der Waals surface area contributed by atoms with E-state index >= 15 is 0 Å². The number of carbonyl (C=O) groups is 1. The number of nitrogens with zero attached hydrogens (tertiary/aromatic N) is 4. The molecule has 0 aliphatic carbocycles. The Labute approximate surface area is 172 Å². The van der Waals surface area contributed by atoms with Crippen LogP contribution in [0.2, 0.25) is 0 Å². The average molecular weight is 407 g/mol. The van der Waals surface area contributed by atoms with Crippen LogP contribution in [0.15, 0.2) is 58.1 Å². The van der Waals surface area contributed by atoms with E-state index in [-0.39, 0.29) is 6.54 Å². The second kappa shape index (κ2) is 7.86. The Kier molecular flexibility index (Phi) is 5.09. The van der Waals surface area contributed by atoms with Gasteiger partial charge in [0.05, 0.1) is 7.11 Å². The molecule has 3 aromatic rings. The zero-order valence-electron chi connectivity index (χ0n) is 16.7. The first-order valence-electron chi connectivity index (χ1n) is 9.46. The molecule has 0 saturated carbocycles. The maximum Gasteiger partial charge on any atom is 0.333 e. The van der Waals surface area contributed by atoms with Crippen LogP contribution in [-0.2, 0) is 17.9 Å². The largest absolute Gasteiger partial charge is 0.497 e. The van der Waals surface area contributed by atoms with Crippen LogP contribution in [-0.4, -0.2) is 33.9 Å². The van der Waals surface area contributed by atoms with E-state index in [2.05, 4.69) is 10.4 Å². The number of fused-ring (bicyclic) bond motifs is 1. The van der Waals surface area contributed by atoms with Crippen LogP contribution in [0.1, 0.15) is 5.56 Å². The molecule has 30 heavy (non-hydrogen) atoms. The third-order valence-corrected chi connectivity index (χ3v) is 4.92. The molecular weight excluding hydrogens is 386 g/mol. The van der Waals surface area contributed by atoms with Gasteiger partial charge in [0.2, 0.25) is 11.9 Å². The number of hydrogen-bond donors (Lipinski definition) is 1. The highest BCUT2D eigenvalue weighted by atomic mass is 16.5. The molecule has 1 amide bonds. The molecule has 9 nitrogen and oxygen atoms in total. The maximum atomic E-state index is 12.5. The van der Waals surface area contributed by atoms with E-state index in [1.807, 2.05) is 36.1 Å². The molecule has 1 aliphatic rings. The van der Waals surface area contributed by atoms with Crippen molar-refractivity contribution in [3.05, 3.63) is 74.8 Å². The molecule has 0 unspecified atom stereocenters. The Bertz CT molecular complexity index is 1200. The molecule has 0 bridgehead atoms. The molecule has 9 heteroatoms. The van der Waals surface area contributed by atoms with Crippen molar-refractivity contribution in [3.8, 4) is 5.75 Å². The number of methoxy groups -OCH3 is 1. The minimum absolute atomic E-state index is 0.348. The molecule has 2 aromatic carbocycles. The first-order chi connectivity index (χ1) is 14.5. The molecule has 4 rings (SSSR count). The molecule has 1 aliphatic heterocycles. The summed E-state index contributed by atoms with van der Waals surface area (Å²) in [5.41, 5.74) is 1.02. The molecule has 0 radical (unpaired) electrons. The Morgan fingerprint density at radius 2 is 1.73 bits per heavy atom. The molecule has 2 heterocycles. The Morgan fingerprint density at radius 1 is 1.03 bits per heavy atom. The number of aryl methyl sites for hydroxylation is 1. The van der Waals surface area contributed by atoms with E-state index < -0.39 is 17.0 Å². The minimum atomic E-state index is -0.825. The second-order valence-electron chi connectivity index (χ2n) is 6.98. The summed E-state index contributed by atoms with van der Waals surface area (Å²) >= 11 is 0. The van der Waals surface area contributed by atoms with Gasteiger partial charge in [0, 0.05) is 24.5 Å². The fraction of sp³-hybridized carbons (Fsp3) is 0.238. The van der Waals surface area contributed by atoms with Crippen LogP contribution < -0.4 is 26.1 Å². The molecular formula is C21H21N5O4. The Hall–Kier alpha value is -3.88. The van der Waals surface area contributed by atoms with Crippen molar-refractivity contribution >= 4 is 23.2 Å². The van der Waals surface area contributed by atoms with Crippen molar-refractivity contribution in [2.45, 2.75) is 20.0 Å². The average Bonchev–Trinajstić information content (AvgIpc) is 3.17. The fourth-order valence-corrected chi connectivity index (χ4v) is 3.31. The molecule has 0 fully saturated rings. The molecule has 1 N–H and O–H groups in total. The van der Waals surface area contributed by atoms with Gasteiger partial charge in [0.1, 0.15) is 12.3 Å². The molecule has 1 aromatic heterocycles. The number of carbonyl (C=O) groups excluding carboxylic acids is 1. The second-order valence-corrected chi connectivity index (χ2v) is 6.98. The number of aromatic nitrogens is 3. The van der Waals surface area contributed by atoms with Crippen molar-refractivity contribution in [1.82, 2.24) is 14.3 Å². The van der Waals surface area contributed by atoms with Gasteiger partial charge < -0.3 is 15.0 Å². The van der Waals surface area contributed by atoms with E-state index in [1.165, 1.54) is 4.57 Å². The van der Waals surface area contributed by atoms with Crippen molar-refractivity contribution in [1.29, 1.82) is 0 Å². The first-order valence-corrected chi connectivity index (χ1v) is 9.46. The van der Waals surface area contributed by atoms with Gasteiger partial charge in [0.25, 0.3) is 0 Å². The number of hydrogen-bond acceptors (Lipinski definition) is 6. The zero-order valence-corrected chi connectivity index (χ0v) is 16.7. The highest BCUT2D eigenvalue weighted by Gasteiger charge is 2.26. The molecule has 154 valence electrons. The lowest BCUT2D eigenvalue weighted by molar-refractivity contribution is -0.117. The normalized spacial score (nSPS) is 12.5. The van der Waals surface area contributed by atoms with E-state index in [1.54, 1.807) is 31.4 Å². The first kappa shape index (κ1) is 19.4. The van der Waals surface area contributed by atoms with Crippen LogP contribution in [0.4, 0.5) is 17.3 Å². The van der Waals surface area contributed by atoms with Crippen LogP contribution in [0.3, 0.4) is 0 Å². The van der Waals surface area contributed by atoms with Gasteiger partial charge in [-0.1, -0.05) is 17.7 Å². The summed E-state index contributed by atoms with van der Waals surface area (Å²) in [4.78, 5) is 39.3. The molecule has 0 spiro atoms. The number of nitrogens with one attached hydrogen (secondary N) is 1. The summed E-state index contributed by atoms with van der Waals surface area (Å²) in [7, 11) is 1.55. The van der Waals surface area contributed by atoms with Gasteiger partial charge in [-0.05, 0) is 43.3 Å². The van der Waals surface area contributed by atoms with E-state index in [0.717, 1.165) is 15.9 Å². The summed E-state index contributed by atoms with van der Waals surface area (Å²) in [6.45, 7) is 2.51. The van der Waals surface area contributed by atoms with Crippen LogP contribution >= 0.6 is 0 Å². The van der Waals surface area contributed by atoms with Gasteiger partial charge in [-0.25, -0.2) is 4.68 Å². The van der Waals surface area contributed by atoms with E-state index in [0.29, 0.717) is 30.5 Å². The van der Waals surface area contributed by atoms with Gasteiger partial charge in [-0.15, -0.1) is 5.10 Å². The van der Waals surface area contributed by atoms with E-state index in [9.17, 15) is 14.4 Å². The Morgan fingerprint density at radius 3 is 2.40 bits per heavy atom. The predicted octanol–water partition coefficient (Wildman–Crippen LogP) is 1.51. The van der Waals surface area contributed by atoms with Gasteiger partial charge >= 0.3 is 11.1 Å². The summed E-state index contributed by atoms with van der Waals surface area (Å²) in [6.07, 6.45) is 0. The third kappa shape index (κ3) is 3.69. The van der Waals surface area contributed by atoms with Gasteiger partial charge in [-0.2, -0.15) is 0 Å². The lowest BCUT2D eigenvalue weighted by Gasteiger charge is -2.18. The lowest BCUT2D eigenvalue weighted by Crippen LogP contribution is -2.44. The smallest absolute Gasteiger partial charge is 0.333 e. The van der Waals surface area contributed by atoms with Crippen molar-refractivity contribution in [2.24, 2.45) is 0 Å². The van der Waals surface area contributed by atoms with Crippen LogP contribution in [0, 0.1) is 6.92 Å². The molecule has 0 saturated heterocycles. The summed E-state index contributed by atoms with van der Waals surface area (Å²) < 4.78 is 7.35. The van der Waals surface area contributed by atoms with Crippen LogP contribution in [0.5, 0.6) is 5.75 Å². The summed E-state index contributed by atoms with van der Waals surface area (Å²) in [5.74, 6) is 0.549. The van der Waals surface area contributed by atoms with E-state index in [4.69, 9.17) is 4.74 Å². The number of benzene rings is 2. The van der Waals surface area contributed by atoms with Crippen molar-refractivity contribution in [3.63, 3.8) is 0 Å². The zero-order chi connectivity index (χ0) is 21.3. The SMILES string of the molecule is COc1ccc(NC(=O)Cn2nc3n(c(=O)c2=O)CCN3c2ccc(C)cc2)cc1. The van der Waals surface area contributed by atoms with Gasteiger partial charge in [0.15, 0.2) is 0 Å². The number of rotatable bonds is 5. The minimum Gasteiger partial charge on any atom is -0.497 e. The van der Waals surface area contributed by atoms with Crippen molar-refractivity contribution < 1.29 is 9.53 Å². The highest BCUT2D eigenvalue weighted by Crippen LogP contribution is 2.26. The highest BCUT2D eigenvalue weighted by molar-refractivity contribution is 5.90. The summed E-state index contributed by atoms with van der Waals surface area (Å²) in [6, 6.07) is 14.6. The summed E-state index contributed by atoms with van der Waals surface area (Å²) in [5, 5.41) is 7.00. The fourth-order valence-electron chi connectivity index (χ4n) is 3.31. The Balaban J connectivity index is 1.60. The number of anilines is 3. The quantitative estimate of drug-likeness (QED) is 0.644. The van der Waals surface area contributed by atoms with Gasteiger partial charge in [-0.3, -0.25) is 19.0 Å². The molecule has 0 atom stereocenters. The van der Waals surface area contributed by atoms with Crippen LogP contribution in [0.25, 0.3) is 0 Å². The van der Waals surface area contributed by atoms with Crippen molar-refractivity contribution in [2.75, 3.05) is 23.9 Å². The number of amides is 1. The topological polar surface area (TPSA) is 98.5 Å².